The average Bonchev–Trinajstić information content (AvgIpc) is 3.30. The minimum atomic E-state index is -0.142. The molecule has 1 aromatic carbocycles. The predicted molar refractivity (Wildman–Crippen MR) is 107 cm³/mol. The molecular formula is C20H24N4O2S. The number of Topliss-reactive ketones (excluding diaryl/α,β-unsaturated/α-hetero) is 1. The van der Waals surface area contributed by atoms with Crippen molar-refractivity contribution in [1.82, 2.24) is 14.8 Å². The number of carbonyl (C=O) groups is 2. The van der Waals surface area contributed by atoms with E-state index in [-0.39, 0.29) is 17.4 Å². The second-order valence-electron chi connectivity index (χ2n) is 6.70. The highest BCUT2D eigenvalue weighted by Crippen LogP contribution is 2.34. The number of anilines is 1. The monoisotopic (exact) mass is 384 g/mol. The van der Waals surface area contributed by atoms with Crippen molar-refractivity contribution >= 4 is 29.1 Å². The highest BCUT2D eigenvalue weighted by molar-refractivity contribution is 7.99. The molecule has 0 saturated heterocycles. The molecule has 1 fully saturated rings. The molecule has 1 saturated carbocycles. The molecule has 0 unspecified atom stereocenters. The lowest BCUT2D eigenvalue weighted by Gasteiger charge is -2.12. The van der Waals surface area contributed by atoms with E-state index in [0.717, 1.165) is 23.8 Å². The maximum absolute atomic E-state index is 12.3. The van der Waals surface area contributed by atoms with Gasteiger partial charge < -0.3 is 9.88 Å². The van der Waals surface area contributed by atoms with E-state index in [2.05, 4.69) is 26.7 Å². The summed E-state index contributed by atoms with van der Waals surface area (Å²) in [5.41, 5.74) is 1.19. The van der Waals surface area contributed by atoms with Crippen LogP contribution in [0.25, 0.3) is 0 Å². The highest BCUT2D eigenvalue weighted by atomic mass is 32.2. The van der Waals surface area contributed by atoms with Crippen molar-refractivity contribution in [3.8, 4) is 0 Å². The van der Waals surface area contributed by atoms with E-state index in [0.29, 0.717) is 23.7 Å². The third-order valence-corrected chi connectivity index (χ3v) is 5.63. The second kappa shape index (κ2) is 8.99. The van der Waals surface area contributed by atoms with Crippen LogP contribution in [0.5, 0.6) is 0 Å². The van der Waals surface area contributed by atoms with E-state index in [4.69, 9.17) is 0 Å². The molecule has 1 aromatic heterocycles. The lowest BCUT2D eigenvalue weighted by atomic mass is 10.1. The van der Waals surface area contributed by atoms with Crippen molar-refractivity contribution in [2.24, 2.45) is 0 Å². The summed E-state index contributed by atoms with van der Waals surface area (Å²) < 4.78 is 2.07. The van der Waals surface area contributed by atoms with Crippen LogP contribution in [0.1, 0.15) is 54.7 Å². The van der Waals surface area contributed by atoms with E-state index >= 15 is 0 Å². The van der Waals surface area contributed by atoms with Gasteiger partial charge in [0.15, 0.2) is 10.9 Å². The molecule has 1 aliphatic carbocycles. The molecule has 142 valence electrons. The molecule has 0 atom stereocenters. The molecule has 0 aliphatic heterocycles. The first-order valence-electron chi connectivity index (χ1n) is 9.16. The Morgan fingerprint density at radius 3 is 2.81 bits per heavy atom. The Morgan fingerprint density at radius 2 is 2.11 bits per heavy atom. The van der Waals surface area contributed by atoms with E-state index in [1.54, 1.807) is 24.3 Å². The molecule has 0 bridgehead atoms. The van der Waals surface area contributed by atoms with Crippen LogP contribution in [-0.2, 0) is 11.3 Å². The van der Waals surface area contributed by atoms with Crippen molar-refractivity contribution in [3.05, 3.63) is 48.3 Å². The number of hydrogen-bond acceptors (Lipinski definition) is 5. The molecule has 7 heteroatoms. The summed E-state index contributed by atoms with van der Waals surface area (Å²) in [6.07, 6.45) is 6.59. The molecule has 1 aliphatic rings. The number of nitrogens with zero attached hydrogens (tertiary/aromatic N) is 3. The topological polar surface area (TPSA) is 76.9 Å². The number of thioether (sulfide) groups is 1. The Morgan fingerprint density at radius 1 is 1.33 bits per heavy atom. The van der Waals surface area contributed by atoms with E-state index in [9.17, 15) is 9.59 Å². The van der Waals surface area contributed by atoms with Crippen LogP contribution in [0.2, 0.25) is 0 Å². The molecule has 0 radical (unpaired) electrons. The predicted octanol–water partition coefficient (Wildman–Crippen LogP) is 4.06. The lowest BCUT2D eigenvalue weighted by molar-refractivity contribution is -0.113. The summed E-state index contributed by atoms with van der Waals surface area (Å²) >= 11 is 1.37. The van der Waals surface area contributed by atoms with Crippen molar-refractivity contribution < 1.29 is 9.59 Å². The van der Waals surface area contributed by atoms with Gasteiger partial charge in [-0.15, -0.1) is 16.8 Å². The summed E-state index contributed by atoms with van der Waals surface area (Å²) in [5, 5.41) is 12.3. The first-order chi connectivity index (χ1) is 13.1. The van der Waals surface area contributed by atoms with Gasteiger partial charge in [-0.1, -0.05) is 42.8 Å². The summed E-state index contributed by atoms with van der Waals surface area (Å²) in [6.45, 7) is 5.97. The number of carbonyl (C=O) groups excluding carboxylic acids is 2. The summed E-state index contributed by atoms with van der Waals surface area (Å²) in [4.78, 5) is 23.8. The molecule has 2 aromatic rings. The van der Waals surface area contributed by atoms with Crippen LogP contribution in [0.3, 0.4) is 0 Å². The third kappa shape index (κ3) is 4.86. The fraction of sp³-hybridized carbons (Fsp3) is 0.400. The Hall–Kier alpha value is -2.41. The van der Waals surface area contributed by atoms with Gasteiger partial charge in [-0.25, -0.2) is 0 Å². The van der Waals surface area contributed by atoms with Crippen LogP contribution >= 0.6 is 11.8 Å². The zero-order valence-corrected chi connectivity index (χ0v) is 16.3. The molecule has 3 rings (SSSR count). The SMILES string of the molecule is C=CCn1c(SCC(=O)Nc2cccc(C(C)=O)c2)nnc1C1CCCC1. The van der Waals surface area contributed by atoms with Crippen molar-refractivity contribution in [3.63, 3.8) is 0 Å². The summed E-state index contributed by atoms with van der Waals surface area (Å²) in [6, 6.07) is 6.94. The molecule has 1 heterocycles. The van der Waals surface area contributed by atoms with Crippen molar-refractivity contribution in [2.75, 3.05) is 11.1 Å². The molecular weight excluding hydrogens is 360 g/mol. The van der Waals surface area contributed by atoms with Gasteiger partial charge in [0.2, 0.25) is 5.91 Å². The number of rotatable bonds is 8. The van der Waals surface area contributed by atoms with E-state index in [1.165, 1.54) is 31.5 Å². The smallest absolute Gasteiger partial charge is 0.234 e. The Kier molecular flexibility index (Phi) is 6.45. The Labute approximate surface area is 163 Å². The maximum Gasteiger partial charge on any atom is 0.234 e. The van der Waals surface area contributed by atoms with Gasteiger partial charge in [-0.2, -0.15) is 0 Å². The molecule has 0 spiro atoms. The molecule has 6 nitrogen and oxygen atoms in total. The molecule has 1 amide bonds. The van der Waals surface area contributed by atoms with E-state index in [1.807, 2.05) is 6.08 Å². The van der Waals surface area contributed by atoms with Crippen LogP contribution in [0.15, 0.2) is 42.1 Å². The minimum absolute atomic E-state index is 0.0301. The molecule has 27 heavy (non-hydrogen) atoms. The fourth-order valence-electron chi connectivity index (χ4n) is 3.34. The van der Waals surface area contributed by atoms with Crippen LogP contribution in [0.4, 0.5) is 5.69 Å². The summed E-state index contributed by atoms with van der Waals surface area (Å²) in [5.74, 6) is 1.51. The van der Waals surface area contributed by atoms with Gasteiger partial charge in [-0.05, 0) is 31.9 Å². The minimum Gasteiger partial charge on any atom is -0.325 e. The van der Waals surface area contributed by atoms with Crippen LogP contribution in [-0.4, -0.2) is 32.2 Å². The quantitative estimate of drug-likeness (QED) is 0.422. The number of allylic oxidation sites excluding steroid dienone is 1. The summed E-state index contributed by atoms with van der Waals surface area (Å²) in [7, 11) is 0. The number of nitrogens with one attached hydrogen (secondary N) is 1. The van der Waals surface area contributed by atoms with Crippen molar-refractivity contribution in [2.45, 2.75) is 50.2 Å². The van der Waals surface area contributed by atoms with Gasteiger partial charge in [-0.3, -0.25) is 9.59 Å². The third-order valence-electron chi connectivity index (χ3n) is 4.66. The highest BCUT2D eigenvalue weighted by Gasteiger charge is 2.24. The van der Waals surface area contributed by atoms with E-state index < -0.39 is 0 Å². The Balaban J connectivity index is 1.64. The number of ketones is 1. The number of amides is 1. The first kappa shape index (κ1) is 19.4. The Bertz CT molecular complexity index is 840. The van der Waals surface area contributed by atoms with Gasteiger partial charge in [0.1, 0.15) is 5.82 Å². The number of hydrogen-bond donors (Lipinski definition) is 1. The van der Waals surface area contributed by atoms with Gasteiger partial charge >= 0.3 is 0 Å². The fourth-order valence-corrected chi connectivity index (χ4v) is 4.09. The van der Waals surface area contributed by atoms with Crippen LogP contribution < -0.4 is 5.32 Å². The van der Waals surface area contributed by atoms with Crippen molar-refractivity contribution in [1.29, 1.82) is 0 Å². The normalized spacial score (nSPS) is 14.3. The number of aromatic nitrogens is 3. The standard InChI is InChI=1S/C20H24N4O2S/c1-3-11-24-19(15-7-4-5-8-15)22-23-20(24)27-13-18(26)21-17-10-6-9-16(12-17)14(2)25/h3,6,9-10,12,15H,1,4-5,7-8,11,13H2,2H3,(H,21,26). The van der Waals surface area contributed by atoms with Gasteiger partial charge in [0, 0.05) is 23.7 Å². The zero-order valence-electron chi connectivity index (χ0n) is 15.5. The van der Waals surface area contributed by atoms with Gasteiger partial charge in [0.05, 0.1) is 5.75 Å². The number of benzene rings is 1. The lowest BCUT2D eigenvalue weighted by Crippen LogP contribution is -2.15. The zero-order chi connectivity index (χ0) is 19.2. The first-order valence-corrected chi connectivity index (χ1v) is 10.1. The van der Waals surface area contributed by atoms with Crippen LogP contribution in [0, 0.1) is 0 Å². The molecule has 1 N–H and O–H groups in total. The maximum atomic E-state index is 12.3. The largest absolute Gasteiger partial charge is 0.325 e. The average molecular weight is 385 g/mol. The second-order valence-corrected chi connectivity index (χ2v) is 7.64. The van der Waals surface area contributed by atoms with Gasteiger partial charge in [0.25, 0.3) is 0 Å².